The molecular formula is C16H20N2O2. The van der Waals surface area contributed by atoms with Gasteiger partial charge in [0.25, 0.3) is 5.91 Å². The Kier molecular flexibility index (Phi) is 3.47. The summed E-state index contributed by atoms with van der Waals surface area (Å²) >= 11 is 0. The molecule has 0 aromatic heterocycles. The van der Waals surface area contributed by atoms with Gasteiger partial charge in [0.05, 0.1) is 11.3 Å². The zero-order valence-corrected chi connectivity index (χ0v) is 11.8. The zero-order chi connectivity index (χ0) is 14.1. The van der Waals surface area contributed by atoms with E-state index < -0.39 is 6.04 Å². The molecule has 2 aliphatic rings. The van der Waals surface area contributed by atoms with Crippen LogP contribution in [0.2, 0.25) is 0 Å². The lowest BCUT2D eigenvalue weighted by atomic mass is 10.1. The minimum Gasteiger partial charge on any atom is -0.340 e. The van der Waals surface area contributed by atoms with Gasteiger partial charge in [-0.1, -0.05) is 25.0 Å². The van der Waals surface area contributed by atoms with E-state index >= 15 is 0 Å². The first-order valence-corrected chi connectivity index (χ1v) is 7.38. The van der Waals surface area contributed by atoms with E-state index in [0.717, 1.165) is 12.2 Å². The third-order valence-corrected chi connectivity index (χ3v) is 4.34. The van der Waals surface area contributed by atoms with Crippen LogP contribution in [0.4, 0.5) is 5.69 Å². The summed E-state index contributed by atoms with van der Waals surface area (Å²) in [6.45, 7) is 2.49. The first-order valence-electron chi connectivity index (χ1n) is 7.38. The molecule has 2 amide bonds. The van der Waals surface area contributed by atoms with Crippen molar-refractivity contribution in [1.82, 2.24) is 5.32 Å². The Labute approximate surface area is 119 Å². The van der Waals surface area contributed by atoms with Crippen LogP contribution in [0, 0.1) is 5.92 Å². The maximum atomic E-state index is 12.6. The third-order valence-electron chi connectivity index (χ3n) is 4.34. The number of hydrogen-bond acceptors (Lipinski definition) is 2. The first-order chi connectivity index (χ1) is 9.66. The Hall–Kier alpha value is -1.84. The molecule has 1 atom stereocenters. The largest absolute Gasteiger partial charge is 0.340 e. The number of carbonyl (C=O) groups excluding carboxylic acids is 2. The van der Waals surface area contributed by atoms with Gasteiger partial charge in [-0.3, -0.25) is 9.59 Å². The summed E-state index contributed by atoms with van der Waals surface area (Å²) in [7, 11) is 0. The second-order valence-corrected chi connectivity index (χ2v) is 5.81. The van der Waals surface area contributed by atoms with Gasteiger partial charge in [0.15, 0.2) is 0 Å². The number of fused-ring (bicyclic) bond motifs is 1. The number of hydrogen-bond donors (Lipinski definition) is 1. The molecule has 1 fully saturated rings. The fourth-order valence-corrected chi connectivity index (χ4v) is 3.23. The van der Waals surface area contributed by atoms with Gasteiger partial charge in [0.2, 0.25) is 5.91 Å². The summed E-state index contributed by atoms with van der Waals surface area (Å²) in [6, 6.07) is 6.93. The number of carbonyl (C=O) groups is 2. The van der Waals surface area contributed by atoms with Gasteiger partial charge in [0.1, 0.15) is 6.04 Å². The van der Waals surface area contributed by atoms with Crippen molar-refractivity contribution in [3.63, 3.8) is 0 Å². The first kappa shape index (κ1) is 13.2. The Bertz CT molecular complexity index is 535. The lowest BCUT2D eigenvalue weighted by Crippen LogP contribution is -2.45. The van der Waals surface area contributed by atoms with E-state index in [0.29, 0.717) is 11.5 Å². The minimum absolute atomic E-state index is 0.00444. The van der Waals surface area contributed by atoms with E-state index in [1.54, 1.807) is 13.0 Å². The number of benzene rings is 1. The highest BCUT2D eigenvalue weighted by molar-refractivity contribution is 6.10. The SMILES string of the molecule is CC1NC(=O)c2ccccc2N(CC2CCCC2)C1=O. The molecule has 1 aromatic carbocycles. The Balaban J connectivity index is 1.97. The average molecular weight is 272 g/mol. The molecule has 1 aliphatic heterocycles. The van der Waals surface area contributed by atoms with Crippen molar-refractivity contribution in [3.8, 4) is 0 Å². The molecule has 106 valence electrons. The van der Waals surface area contributed by atoms with Crippen molar-refractivity contribution in [2.24, 2.45) is 5.92 Å². The zero-order valence-electron chi connectivity index (χ0n) is 11.8. The van der Waals surface area contributed by atoms with Crippen molar-refractivity contribution in [1.29, 1.82) is 0 Å². The Morgan fingerprint density at radius 3 is 2.65 bits per heavy atom. The van der Waals surface area contributed by atoms with E-state index in [9.17, 15) is 9.59 Å². The molecule has 1 saturated carbocycles. The summed E-state index contributed by atoms with van der Waals surface area (Å²) in [6.07, 6.45) is 4.87. The fraction of sp³-hybridized carbons (Fsp3) is 0.500. The second kappa shape index (κ2) is 5.27. The Morgan fingerprint density at radius 2 is 1.90 bits per heavy atom. The van der Waals surface area contributed by atoms with Crippen LogP contribution in [0.15, 0.2) is 24.3 Å². The molecule has 1 heterocycles. The monoisotopic (exact) mass is 272 g/mol. The van der Waals surface area contributed by atoms with Crippen LogP contribution in [0.25, 0.3) is 0 Å². The van der Waals surface area contributed by atoms with Crippen LogP contribution in [0.5, 0.6) is 0 Å². The van der Waals surface area contributed by atoms with Crippen molar-refractivity contribution in [3.05, 3.63) is 29.8 Å². The molecule has 3 rings (SSSR count). The van der Waals surface area contributed by atoms with E-state index in [1.807, 2.05) is 23.1 Å². The van der Waals surface area contributed by atoms with Crippen molar-refractivity contribution in [2.45, 2.75) is 38.6 Å². The van der Waals surface area contributed by atoms with Crippen LogP contribution in [0.1, 0.15) is 43.0 Å². The summed E-state index contributed by atoms with van der Waals surface area (Å²) < 4.78 is 0. The molecule has 4 nitrogen and oxygen atoms in total. The third kappa shape index (κ3) is 2.30. The molecule has 20 heavy (non-hydrogen) atoms. The molecule has 0 bridgehead atoms. The van der Waals surface area contributed by atoms with Gasteiger partial charge < -0.3 is 10.2 Å². The van der Waals surface area contributed by atoms with E-state index in [-0.39, 0.29) is 11.8 Å². The molecular weight excluding hydrogens is 252 g/mol. The summed E-state index contributed by atoms with van der Waals surface area (Å²) in [4.78, 5) is 26.5. The number of nitrogens with one attached hydrogen (secondary N) is 1. The summed E-state index contributed by atoms with van der Waals surface area (Å²) in [5.74, 6) is 0.401. The average Bonchev–Trinajstić information content (AvgIpc) is 2.94. The maximum Gasteiger partial charge on any atom is 0.254 e. The number of amides is 2. The predicted octanol–water partition coefficient (Wildman–Crippen LogP) is 2.34. The summed E-state index contributed by atoms with van der Waals surface area (Å²) in [5.41, 5.74) is 1.36. The molecule has 1 aliphatic carbocycles. The van der Waals surface area contributed by atoms with Crippen molar-refractivity contribution >= 4 is 17.5 Å². The second-order valence-electron chi connectivity index (χ2n) is 5.81. The van der Waals surface area contributed by atoms with Gasteiger partial charge in [-0.15, -0.1) is 0 Å². The molecule has 0 radical (unpaired) electrons. The van der Waals surface area contributed by atoms with Gasteiger partial charge in [-0.25, -0.2) is 0 Å². The lowest BCUT2D eigenvalue weighted by Gasteiger charge is -2.26. The van der Waals surface area contributed by atoms with Crippen LogP contribution in [-0.2, 0) is 4.79 Å². The highest BCUT2D eigenvalue weighted by Gasteiger charge is 2.32. The standard InChI is InChI=1S/C16H20N2O2/c1-11-16(20)18(10-12-6-2-3-7-12)14-9-5-4-8-13(14)15(19)17-11/h4-5,8-9,11-12H,2-3,6-7,10H2,1H3,(H,17,19). The van der Waals surface area contributed by atoms with Gasteiger partial charge in [-0.2, -0.15) is 0 Å². The van der Waals surface area contributed by atoms with Crippen molar-refractivity contribution in [2.75, 3.05) is 11.4 Å². The molecule has 0 spiro atoms. The quantitative estimate of drug-likeness (QED) is 0.898. The van der Waals surface area contributed by atoms with E-state index in [1.165, 1.54) is 25.7 Å². The normalized spacial score (nSPS) is 23.4. The summed E-state index contributed by atoms with van der Waals surface area (Å²) in [5, 5.41) is 2.77. The topological polar surface area (TPSA) is 49.4 Å². The predicted molar refractivity (Wildman–Crippen MR) is 77.7 cm³/mol. The molecule has 0 saturated heterocycles. The number of rotatable bonds is 2. The van der Waals surface area contributed by atoms with Crippen LogP contribution in [0.3, 0.4) is 0 Å². The highest BCUT2D eigenvalue weighted by Crippen LogP contribution is 2.30. The van der Waals surface area contributed by atoms with E-state index in [2.05, 4.69) is 5.32 Å². The fourth-order valence-electron chi connectivity index (χ4n) is 3.23. The highest BCUT2D eigenvalue weighted by atomic mass is 16.2. The van der Waals surface area contributed by atoms with Crippen molar-refractivity contribution < 1.29 is 9.59 Å². The molecule has 1 N–H and O–H groups in total. The number of anilines is 1. The smallest absolute Gasteiger partial charge is 0.254 e. The van der Waals surface area contributed by atoms with Crippen LogP contribution >= 0.6 is 0 Å². The number of para-hydroxylation sites is 1. The lowest BCUT2D eigenvalue weighted by molar-refractivity contribution is -0.120. The van der Waals surface area contributed by atoms with Crippen LogP contribution in [-0.4, -0.2) is 24.4 Å². The minimum atomic E-state index is -0.462. The van der Waals surface area contributed by atoms with Gasteiger partial charge in [0, 0.05) is 6.54 Å². The van der Waals surface area contributed by atoms with Gasteiger partial charge >= 0.3 is 0 Å². The van der Waals surface area contributed by atoms with E-state index in [4.69, 9.17) is 0 Å². The molecule has 1 unspecified atom stereocenters. The number of nitrogens with zero attached hydrogens (tertiary/aromatic N) is 1. The molecule has 1 aromatic rings. The van der Waals surface area contributed by atoms with Crippen LogP contribution < -0.4 is 10.2 Å². The Morgan fingerprint density at radius 1 is 1.20 bits per heavy atom. The maximum absolute atomic E-state index is 12.6. The molecule has 4 heteroatoms. The van der Waals surface area contributed by atoms with Gasteiger partial charge in [-0.05, 0) is 37.8 Å².